The van der Waals surface area contributed by atoms with Crippen LogP contribution in [0.15, 0.2) is 35.2 Å². The number of carbonyl (C=O) groups excluding carboxylic acids is 1. The molecule has 1 unspecified atom stereocenters. The highest BCUT2D eigenvalue weighted by molar-refractivity contribution is 7.92. The molecule has 1 aromatic heterocycles. The van der Waals surface area contributed by atoms with Crippen LogP contribution in [0.5, 0.6) is 5.75 Å². The molecule has 38 heavy (non-hydrogen) atoms. The monoisotopic (exact) mass is 543 g/mol. The van der Waals surface area contributed by atoms with E-state index in [0.29, 0.717) is 49.1 Å². The number of nitrogens with zero attached hydrogens (tertiary/aromatic N) is 3. The Morgan fingerprint density at radius 2 is 1.76 bits per heavy atom. The van der Waals surface area contributed by atoms with Gasteiger partial charge >= 0.3 is 0 Å². The van der Waals surface area contributed by atoms with Crippen molar-refractivity contribution < 1.29 is 27.4 Å². The van der Waals surface area contributed by atoms with Gasteiger partial charge in [0.1, 0.15) is 17.7 Å². The number of hydrogen-bond acceptors (Lipinski definition) is 8. The van der Waals surface area contributed by atoms with E-state index in [9.17, 15) is 13.2 Å². The number of Topliss-reactive ketones (excluding diaryl/α,β-unsaturated/α-hetero) is 1. The van der Waals surface area contributed by atoms with Gasteiger partial charge in [0.15, 0.2) is 5.78 Å². The smallest absolute Gasteiger partial charge is 0.264 e. The van der Waals surface area contributed by atoms with Crippen molar-refractivity contribution in [2.75, 3.05) is 55.3 Å². The Balaban J connectivity index is 1.44. The second-order valence-corrected chi connectivity index (χ2v) is 12.6. The fourth-order valence-corrected chi connectivity index (χ4v) is 7.10. The van der Waals surface area contributed by atoms with Gasteiger partial charge in [-0.25, -0.2) is 13.4 Å². The Morgan fingerprint density at radius 1 is 1.05 bits per heavy atom. The van der Waals surface area contributed by atoms with Crippen molar-refractivity contribution in [3.63, 3.8) is 0 Å². The van der Waals surface area contributed by atoms with Gasteiger partial charge in [0.25, 0.3) is 10.0 Å². The molecular formula is C28H37N3O6S. The van der Waals surface area contributed by atoms with Gasteiger partial charge in [-0.15, -0.1) is 0 Å². The van der Waals surface area contributed by atoms with Crippen LogP contribution >= 0.6 is 0 Å². The molecule has 0 bridgehead atoms. The fraction of sp³-hybridized carbons (Fsp3) is 0.571. The summed E-state index contributed by atoms with van der Waals surface area (Å²) < 4.78 is 46.5. The van der Waals surface area contributed by atoms with Crippen LogP contribution in [0.4, 0.5) is 11.5 Å². The Hall–Kier alpha value is -2.69. The van der Waals surface area contributed by atoms with Crippen LogP contribution < -0.4 is 13.9 Å². The predicted octanol–water partition coefficient (Wildman–Crippen LogP) is 3.84. The summed E-state index contributed by atoms with van der Waals surface area (Å²) in [4.78, 5) is 20.1. The van der Waals surface area contributed by atoms with E-state index in [1.807, 2.05) is 32.9 Å². The Kier molecular flexibility index (Phi) is 7.93. The summed E-state index contributed by atoms with van der Waals surface area (Å²) >= 11 is 0. The minimum absolute atomic E-state index is 0.0749. The molecule has 2 fully saturated rings. The number of ketones is 1. The summed E-state index contributed by atoms with van der Waals surface area (Å²) in [6.07, 6.45) is 1.78. The first-order chi connectivity index (χ1) is 18.2. The van der Waals surface area contributed by atoms with Crippen molar-refractivity contribution >= 4 is 27.3 Å². The Morgan fingerprint density at radius 3 is 2.45 bits per heavy atom. The molecule has 0 spiro atoms. The summed E-state index contributed by atoms with van der Waals surface area (Å²) in [5, 5.41) is 0. The number of rotatable bonds is 7. The molecule has 9 nitrogen and oxygen atoms in total. The van der Waals surface area contributed by atoms with E-state index in [1.54, 1.807) is 12.1 Å². The highest BCUT2D eigenvalue weighted by Crippen LogP contribution is 2.36. The lowest BCUT2D eigenvalue weighted by Crippen LogP contribution is -2.38. The van der Waals surface area contributed by atoms with Crippen LogP contribution in [-0.2, 0) is 19.5 Å². The molecule has 10 heteroatoms. The molecule has 3 aliphatic rings. The van der Waals surface area contributed by atoms with Crippen molar-refractivity contribution in [2.24, 2.45) is 11.8 Å². The van der Waals surface area contributed by atoms with Crippen LogP contribution in [0.3, 0.4) is 0 Å². The first-order valence-electron chi connectivity index (χ1n) is 13.5. The average Bonchev–Trinajstić information content (AvgIpc) is 2.92. The van der Waals surface area contributed by atoms with Crippen LogP contribution in [0.2, 0.25) is 0 Å². The van der Waals surface area contributed by atoms with E-state index in [-0.39, 0.29) is 41.6 Å². The third kappa shape index (κ3) is 5.53. The quantitative estimate of drug-likeness (QED) is 0.520. The fourth-order valence-electron chi connectivity index (χ4n) is 5.40. The number of ether oxygens (including phenoxy) is 3. The number of carbonyl (C=O) groups is 1. The van der Waals surface area contributed by atoms with Gasteiger partial charge in [-0.3, -0.25) is 9.10 Å². The van der Waals surface area contributed by atoms with Crippen LogP contribution in [-0.4, -0.2) is 71.4 Å². The zero-order chi connectivity index (χ0) is 26.9. The van der Waals surface area contributed by atoms with Crippen molar-refractivity contribution in [3.05, 3.63) is 41.6 Å². The largest absolute Gasteiger partial charge is 0.489 e. The third-order valence-corrected chi connectivity index (χ3v) is 9.25. The molecule has 0 amide bonds. The molecule has 206 valence electrons. The molecule has 1 aromatic carbocycles. The lowest BCUT2D eigenvalue weighted by Gasteiger charge is -2.34. The lowest BCUT2D eigenvalue weighted by atomic mass is 9.87. The molecule has 0 saturated carbocycles. The number of hydrogen-bond donors (Lipinski definition) is 0. The zero-order valence-corrected chi connectivity index (χ0v) is 23.2. The Labute approximate surface area is 225 Å². The van der Waals surface area contributed by atoms with Gasteiger partial charge in [0.2, 0.25) is 0 Å². The van der Waals surface area contributed by atoms with E-state index in [2.05, 4.69) is 4.90 Å². The zero-order valence-electron chi connectivity index (χ0n) is 22.4. The molecule has 0 N–H and O–H groups in total. The molecule has 5 rings (SSSR count). The lowest BCUT2D eigenvalue weighted by molar-refractivity contribution is 0.0119. The van der Waals surface area contributed by atoms with Gasteiger partial charge in [-0.2, -0.15) is 0 Å². The molecule has 1 atom stereocenters. The second kappa shape index (κ2) is 11.2. The first kappa shape index (κ1) is 26.9. The molecule has 2 saturated heterocycles. The van der Waals surface area contributed by atoms with Crippen LogP contribution in [0, 0.1) is 18.8 Å². The van der Waals surface area contributed by atoms with E-state index in [1.165, 1.54) is 10.4 Å². The molecule has 0 aliphatic carbocycles. The van der Waals surface area contributed by atoms with Gasteiger partial charge < -0.3 is 19.1 Å². The molecule has 4 heterocycles. The molecular weight excluding hydrogens is 506 g/mol. The van der Waals surface area contributed by atoms with Crippen LogP contribution in [0.25, 0.3) is 0 Å². The molecule has 3 aliphatic heterocycles. The van der Waals surface area contributed by atoms with Crippen molar-refractivity contribution in [2.45, 2.75) is 51.0 Å². The number of fused-ring (bicyclic) bond motifs is 1. The molecule has 0 radical (unpaired) electrons. The maximum Gasteiger partial charge on any atom is 0.264 e. The third-order valence-electron chi connectivity index (χ3n) is 7.47. The highest BCUT2D eigenvalue weighted by atomic mass is 32.2. The number of aromatic nitrogens is 1. The maximum absolute atomic E-state index is 14.0. The minimum Gasteiger partial charge on any atom is -0.489 e. The van der Waals surface area contributed by atoms with E-state index in [4.69, 9.17) is 19.2 Å². The van der Waals surface area contributed by atoms with Crippen molar-refractivity contribution in [1.29, 1.82) is 0 Å². The van der Waals surface area contributed by atoms with Gasteiger partial charge in [0.05, 0.1) is 35.1 Å². The second-order valence-electron chi connectivity index (χ2n) is 10.7. The van der Waals surface area contributed by atoms with Crippen molar-refractivity contribution in [3.8, 4) is 5.75 Å². The van der Waals surface area contributed by atoms with E-state index in [0.717, 1.165) is 31.7 Å². The number of aryl methyl sites for hydroxylation is 1. The summed E-state index contributed by atoms with van der Waals surface area (Å²) in [7, 11) is -3.96. The van der Waals surface area contributed by atoms with Gasteiger partial charge in [-0.1, -0.05) is 13.8 Å². The molecule has 2 aromatic rings. The summed E-state index contributed by atoms with van der Waals surface area (Å²) in [6.45, 7) is 10.2. The van der Waals surface area contributed by atoms with E-state index < -0.39 is 10.0 Å². The van der Waals surface area contributed by atoms with Gasteiger partial charge in [-0.05, 0) is 56.0 Å². The first-order valence-corrected chi connectivity index (χ1v) is 14.9. The normalized spacial score (nSPS) is 20.8. The minimum atomic E-state index is -3.96. The SMILES string of the molecule is Cc1nc(N2CCOCC2)ccc1N(CC(C)C)S(=O)(=O)c1ccc2c(c1)C(=O)CC(C1CCOCC1)O2. The maximum atomic E-state index is 14.0. The number of anilines is 2. The predicted molar refractivity (Wildman–Crippen MR) is 145 cm³/mol. The standard InChI is InChI=1S/C28H37N3O6S/c1-19(2)18-31(24-5-7-28(29-20(24)3)30-10-14-36-15-11-30)38(33,34)22-4-6-26-23(16-22)25(32)17-27(37-26)21-8-12-35-13-9-21/h4-7,16,19,21,27H,8-15,17-18H2,1-3H3. The summed E-state index contributed by atoms with van der Waals surface area (Å²) in [6, 6.07) is 8.36. The summed E-state index contributed by atoms with van der Waals surface area (Å²) in [5.41, 5.74) is 1.50. The topological polar surface area (TPSA) is 98.3 Å². The number of sulfonamides is 1. The van der Waals surface area contributed by atoms with Gasteiger partial charge in [0, 0.05) is 45.2 Å². The average molecular weight is 544 g/mol. The summed E-state index contributed by atoms with van der Waals surface area (Å²) in [5.74, 6) is 1.53. The number of pyridine rings is 1. The number of morpholine rings is 1. The highest BCUT2D eigenvalue weighted by Gasteiger charge is 2.35. The Bertz CT molecular complexity index is 1270. The van der Waals surface area contributed by atoms with E-state index >= 15 is 0 Å². The number of benzene rings is 1. The van der Waals surface area contributed by atoms with Crippen LogP contribution in [0.1, 0.15) is 49.2 Å². The van der Waals surface area contributed by atoms with Crippen molar-refractivity contribution in [1.82, 2.24) is 4.98 Å².